The molecule has 106 valence electrons. The normalized spacial score (nSPS) is 11.4. The highest BCUT2D eigenvalue weighted by molar-refractivity contribution is 8.00. The van der Waals surface area contributed by atoms with Gasteiger partial charge in [0.15, 0.2) is 5.82 Å². The van der Waals surface area contributed by atoms with E-state index < -0.39 is 5.51 Å². The lowest BCUT2D eigenvalue weighted by Crippen LogP contribution is -2.09. The van der Waals surface area contributed by atoms with Gasteiger partial charge >= 0.3 is 5.51 Å². The number of thioether (sulfide) groups is 1. The zero-order valence-electron chi connectivity index (χ0n) is 10.4. The summed E-state index contributed by atoms with van der Waals surface area (Å²) >= 11 is -0.158. The Bertz CT molecular complexity index is 599. The summed E-state index contributed by atoms with van der Waals surface area (Å²) in [6.07, 6.45) is 0. The van der Waals surface area contributed by atoms with Crippen molar-refractivity contribution in [2.45, 2.75) is 17.3 Å². The molecule has 1 aromatic carbocycles. The molecule has 0 unspecified atom stereocenters. The van der Waals surface area contributed by atoms with Crippen molar-refractivity contribution in [2.75, 3.05) is 5.43 Å². The Morgan fingerprint density at radius 3 is 2.35 bits per heavy atom. The molecule has 1 aromatic heterocycles. The monoisotopic (exact) mass is 300 g/mol. The summed E-state index contributed by atoms with van der Waals surface area (Å²) in [5, 5.41) is 0. The number of alkyl halides is 3. The average molecular weight is 300 g/mol. The van der Waals surface area contributed by atoms with E-state index in [-0.39, 0.29) is 16.7 Å². The fourth-order valence-electron chi connectivity index (χ4n) is 1.58. The molecule has 2 rings (SSSR count). The van der Waals surface area contributed by atoms with Gasteiger partial charge in [-0.3, -0.25) is 0 Å². The fraction of sp³-hybridized carbons (Fsp3) is 0.167. The average Bonchev–Trinajstić information content (AvgIpc) is 2.37. The third-order valence-electron chi connectivity index (χ3n) is 2.35. The van der Waals surface area contributed by atoms with Crippen LogP contribution in [0.5, 0.6) is 0 Å². The number of aromatic nitrogens is 2. The molecule has 0 fully saturated rings. The molecular weight excluding hydrogens is 289 g/mol. The Labute approximate surface area is 117 Å². The Kier molecular flexibility index (Phi) is 4.15. The van der Waals surface area contributed by atoms with E-state index in [4.69, 9.17) is 5.84 Å². The third-order valence-corrected chi connectivity index (χ3v) is 3.09. The van der Waals surface area contributed by atoms with E-state index >= 15 is 0 Å². The standard InChI is InChI=1S/C12H11F3N4S/c1-7-6-10(19-16)18-11(17-7)8-2-4-9(5-3-8)20-12(13,14)15/h2-6H,16H2,1H3,(H,17,18,19). The van der Waals surface area contributed by atoms with E-state index in [1.165, 1.54) is 12.1 Å². The molecule has 0 saturated carbocycles. The van der Waals surface area contributed by atoms with Gasteiger partial charge in [0.2, 0.25) is 0 Å². The SMILES string of the molecule is Cc1cc(NN)nc(-c2ccc(SC(F)(F)F)cc2)n1. The van der Waals surface area contributed by atoms with Gasteiger partial charge in [-0.05, 0) is 30.8 Å². The fourth-order valence-corrected chi connectivity index (χ4v) is 2.12. The van der Waals surface area contributed by atoms with E-state index in [1.807, 2.05) is 0 Å². The van der Waals surface area contributed by atoms with Crippen molar-refractivity contribution < 1.29 is 13.2 Å². The first-order chi connectivity index (χ1) is 9.37. The number of hydrogen-bond donors (Lipinski definition) is 2. The lowest BCUT2D eigenvalue weighted by Gasteiger charge is -2.07. The van der Waals surface area contributed by atoms with Crippen LogP contribution in [0.15, 0.2) is 35.2 Å². The van der Waals surface area contributed by atoms with Crippen LogP contribution in [-0.2, 0) is 0 Å². The number of hydrazine groups is 1. The molecule has 0 radical (unpaired) electrons. The first-order valence-corrected chi connectivity index (χ1v) is 6.37. The molecule has 4 nitrogen and oxygen atoms in total. The molecule has 0 aliphatic rings. The molecule has 0 amide bonds. The van der Waals surface area contributed by atoms with Crippen LogP contribution in [0.25, 0.3) is 11.4 Å². The second kappa shape index (κ2) is 5.68. The quantitative estimate of drug-likeness (QED) is 0.517. The summed E-state index contributed by atoms with van der Waals surface area (Å²) in [5.41, 5.74) is -0.550. The van der Waals surface area contributed by atoms with Crippen LogP contribution in [-0.4, -0.2) is 15.5 Å². The van der Waals surface area contributed by atoms with E-state index in [0.29, 0.717) is 22.9 Å². The van der Waals surface area contributed by atoms with Crippen molar-refractivity contribution in [2.24, 2.45) is 5.84 Å². The summed E-state index contributed by atoms with van der Waals surface area (Å²) in [5.74, 6) is 6.14. The van der Waals surface area contributed by atoms with Crippen LogP contribution in [0.4, 0.5) is 19.0 Å². The van der Waals surface area contributed by atoms with Crippen LogP contribution in [0.3, 0.4) is 0 Å². The largest absolute Gasteiger partial charge is 0.446 e. The highest BCUT2D eigenvalue weighted by Crippen LogP contribution is 2.37. The number of nitrogen functional groups attached to an aromatic ring is 1. The van der Waals surface area contributed by atoms with Crippen molar-refractivity contribution in [3.05, 3.63) is 36.0 Å². The van der Waals surface area contributed by atoms with Crippen LogP contribution in [0.2, 0.25) is 0 Å². The summed E-state index contributed by atoms with van der Waals surface area (Å²) in [6.45, 7) is 1.78. The Balaban J connectivity index is 2.28. The zero-order valence-corrected chi connectivity index (χ0v) is 11.2. The maximum absolute atomic E-state index is 12.2. The molecule has 0 atom stereocenters. The molecule has 3 N–H and O–H groups in total. The van der Waals surface area contributed by atoms with Gasteiger partial charge in [0.1, 0.15) is 5.82 Å². The molecule has 20 heavy (non-hydrogen) atoms. The highest BCUT2D eigenvalue weighted by Gasteiger charge is 2.29. The van der Waals surface area contributed by atoms with Gasteiger partial charge in [0.25, 0.3) is 0 Å². The van der Waals surface area contributed by atoms with Gasteiger partial charge in [-0.2, -0.15) is 13.2 Å². The maximum Gasteiger partial charge on any atom is 0.446 e. The Hall–Kier alpha value is -1.80. The van der Waals surface area contributed by atoms with E-state index in [1.54, 1.807) is 25.1 Å². The zero-order chi connectivity index (χ0) is 14.8. The second-order valence-electron chi connectivity index (χ2n) is 3.93. The molecule has 0 aliphatic heterocycles. The topological polar surface area (TPSA) is 63.8 Å². The lowest BCUT2D eigenvalue weighted by molar-refractivity contribution is -0.0328. The van der Waals surface area contributed by atoms with Crippen molar-refractivity contribution in [3.63, 3.8) is 0 Å². The second-order valence-corrected chi connectivity index (χ2v) is 5.07. The van der Waals surface area contributed by atoms with Crippen molar-refractivity contribution in [1.29, 1.82) is 0 Å². The van der Waals surface area contributed by atoms with E-state index in [9.17, 15) is 13.2 Å². The number of nitrogens with two attached hydrogens (primary N) is 1. The van der Waals surface area contributed by atoms with Crippen LogP contribution in [0.1, 0.15) is 5.69 Å². The molecule has 0 spiro atoms. The number of aryl methyl sites for hydroxylation is 1. The number of nitrogens with zero attached hydrogens (tertiary/aromatic N) is 2. The minimum atomic E-state index is -4.29. The number of hydrogen-bond acceptors (Lipinski definition) is 5. The van der Waals surface area contributed by atoms with E-state index in [0.717, 1.165) is 0 Å². The van der Waals surface area contributed by atoms with Crippen LogP contribution < -0.4 is 11.3 Å². The summed E-state index contributed by atoms with van der Waals surface area (Å²) in [6, 6.07) is 7.52. The molecule has 0 aliphatic carbocycles. The maximum atomic E-state index is 12.2. The molecule has 2 aromatic rings. The molecule has 0 bridgehead atoms. The molecule has 1 heterocycles. The number of halogens is 3. The number of nitrogens with one attached hydrogen (secondary N) is 1. The molecule has 8 heteroatoms. The van der Waals surface area contributed by atoms with Gasteiger partial charge < -0.3 is 5.43 Å². The Morgan fingerprint density at radius 1 is 1.15 bits per heavy atom. The minimum Gasteiger partial charge on any atom is -0.308 e. The minimum absolute atomic E-state index is 0.117. The van der Waals surface area contributed by atoms with Gasteiger partial charge in [0.05, 0.1) is 0 Å². The third kappa shape index (κ3) is 3.84. The highest BCUT2D eigenvalue weighted by atomic mass is 32.2. The van der Waals surface area contributed by atoms with Crippen LogP contribution in [0, 0.1) is 6.92 Å². The van der Waals surface area contributed by atoms with Gasteiger partial charge in [-0.15, -0.1) is 0 Å². The summed E-state index contributed by atoms with van der Waals surface area (Å²) in [7, 11) is 0. The van der Waals surface area contributed by atoms with Gasteiger partial charge in [0, 0.05) is 22.2 Å². The first kappa shape index (κ1) is 14.6. The first-order valence-electron chi connectivity index (χ1n) is 5.56. The van der Waals surface area contributed by atoms with Crippen molar-refractivity contribution in [1.82, 2.24) is 9.97 Å². The van der Waals surface area contributed by atoms with Crippen LogP contribution >= 0.6 is 11.8 Å². The van der Waals surface area contributed by atoms with Gasteiger partial charge in [-0.25, -0.2) is 15.8 Å². The molecular formula is C12H11F3N4S. The van der Waals surface area contributed by atoms with Crippen molar-refractivity contribution in [3.8, 4) is 11.4 Å². The smallest absolute Gasteiger partial charge is 0.308 e. The number of benzene rings is 1. The molecule has 0 saturated heterocycles. The lowest BCUT2D eigenvalue weighted by atomic mass is 10.2. The Morgan fingerprint density at radius 2 is 1.80 bits per heavy atom. The summed E-state index contributed by atoms with van der Waals surface area (Å²) < 4.78 is 36.7. The summed E-state index contributed by atoms with van der Waals surface area (Å²) in [4.78, 5) is 8.49. The van der Waals surface area contributed by atoms with E-state index in [2.05, 4.69) is 15.4 Å². The van der Waals surface area contributed by atoms with Gasteiger partial charge in [-0.1, -0.05) is 12.1 Å². The number of anilines is 1. The van der Waals surface area contributed by atoms with Crippen molar-refractivity contribution >= 4 is 17.6 Å². The predicted octanol–water partition coefficient (Wildman–Crippen LogP) is 3.35. The number of rotatable bonds is 3. The predicted molar refractivity (Wildman–Crippen MR) is 71.9 cm³/mol.